The van der Waals surface area contributed by atoms with Crippen LogP contribution in [0.5, 0.6) is 0 Å². The highest BCUT2D eigenvalue weighted by Gasteiger charge is 2.41. The van der Waals surface area contributed by atoms with E-state index >= 15 is 0 Å². The Hall–Kier alpha value is -2.21. The minimum atomic E-state index is -0.285. The molecule has 2 aliphatic rings. The first-order valence-corrected chi connectivity index (χ1v) is 9.67. The molecule has 1 aromatic carbocycles. The van der Waals surface area contributed by atoms with Gasteiger partial charge in [0, 0.05) is 42.4 Å². The number of benzene rings is 1. The number of hydrogen-bond donors (Lipinski definition) is 0. The van der Waals surface area contributed by atoms with Crippen molar-refractivity contribution in [2.24, 2.45) is 5.92 Å². The molecule has 0 radical (unpaired) electrons. The van der Waals surface area contributed by atoms with Gasteiger partial charge in [0.2, 0.25) is 11.8 Å². The zero-order valence-electron chi connectivity index (χ0n) is 14.3. The number of anilines is 1. The minimum absolute atomic E-state index is 0.00683. The highest BCUT2D eigenvalue weighted by molar-refractivity contribution is 9.10. The molecule has 1 saturated heterocycles. The molecule has 0 bridgehead atoms. The summed E-state index contributed by atoms with van der Waals surface area (Å²) in [4.78, 5) is 33.5. The van der Waals surface area contributed by atoms with Gasteiger partial charge in [0.15, 0.2) is 0 Å². The van der Waals surface area contributed by atoms with Crippen LogP contribution in [0.1, 0.15) is 24.8 Å². The summed E-state index contributed by atoms with van der Waals surface area (Å²) in [5.74, 6) is -0.196. The van der Waals surface area contributed by atoms with E-state index in [1.807, 2.05) is 41.3 Å². The van der Waals surface area contributed by atoms with Gasteiger partial charge >= 0.3 is 0 Å². The lowest BCUT2D eigenvalue weighted by Crippen LogP contribution is -2.38. The summed E-state index contributed by atoms with van der Waals surface area (Å²) in [6.07, 6.45) is 5.89. The van der Waals surface area contributed by atoms with Crippen LogP contribution in [0, 0.1) is 5.92 Å². The fourth-order valence-electron chi connectivity index (χ4n) is 3.47. The highest BCUT2D eigenvalue weighted by atomic mass is 79.9. The molecule has 0 spiro atoms. The van der Waals surface area contributed by atoms with Gasteiger partial charge in [-0.1, -0.05) is 18.2 Å². The van der Waals surface area contributed by atoms with Crippen LogP contribution in [-0.2, 0) is 16.1 Å². The molecule has 0 unspecified atom stereocenters. The fraction of sp³-hybridized carbons (Fsp3) is 0.350. The quantitative estimate of drug-likeness (QED) is 0.754. The van der Waals surface area contributed by atoms with E-state index in [-0.39, 0.29) is 24.2 Å². The Balaban J connectivity index is 1.50. The molecule has 5 nitrogen and oxygen atoms in total. The molecule has 0 N–H and O–H groups in total. The number of nitrogens with zero attached hydrogens (tertiary/aromatic N) is 3. The molecule has 2 heterocycles. The number of rotatable bonds is 5. The van der Waals surface area contributed by atoms with Crippen LogP contribution < -0.4 is 4.90 Å². The second kappa shape index (κ2) is 7.19. The summed E-state index contributed by atoms with van der Waals surface area (Å²) in [5.41, 5.74) is 1.86. The fourth-order valence-corrected chi connectivity index (χ4v) is 3.97. The van der Waals surface area contributed by atoms with Gasteiger partial charge in [0.25, 0.3) is 0 Å². The maximum atomic E-state index is 13.2. The molecule has 134 valence electrons. The highest BCUT2D eigenvalue weighted by Crippen LogP contribution is 2.35. The zero-order chi connectivity index (χ0) is 18.1. The van der Waals surface area contributed by atoms with Gasteiger partial charge in [-0.2, -0.15) is 0 Å². The first-order chi connectivity index (χ1) is 12.6. The first kappa shape index (κ1) is 17.2. The Bertz CT molecular complexity index is 823. The minimum Gasteiger partial charge on any atom is -0.335 e. The van der Waals surface area contributed by atoms with E-state index < -0.39 is 0 Å². The number of amides is 2. The van der Waals surface area contributed by atoms with Crippen molar-refractivity contribution in [3.8, 4) is 0 Å². The Morgan fingerprint density at radius 3 is 2.73 bits per heavy atom. The summed E-state index contributed by atoms with van der Waals surface area (Å²) in [6.45, 7) is 1.01. The first-order valence-electron chi connectivity index (χ1n) is 8.88. The second-order valence-corrected chi connectivity index (χ2v) is 7.77. The van der Waals surface area contributed by atoms with E-state index in [4.69, 9.17) is 0 Å². The van der Waals surface area contributed by atoms with Gasteiger partial charge in [-0.3, -0.25) is 14.6 Å². The summed E-state index contributed by atoms with van der Waals surface area (Å²) >= 11 is 3.50. The van der Waals surface area contributed by atoms with Crippen molar-refractivity contribution in [2.45, 2.75) is 31.8 Å². The van der Waals surface area contributed by atoms with E-state index in [9.17, 15) is 9.59 Å². The monoisotopic (exact) mass is 413 g/mol. The number of hydrogen-bond acceptors (Lipinski definition) is 3. The predicted octanol–water partition coefficient (Wildman–Crippen LogP) is 3.39. The number of halogens is 1. The van der Waals surface area contributed by atoms with Crippen LogP contribution in [0.15, 0.2) is 53.3 Å². The van der Waals surface area contributed by atoms with E-state index in [0.29, 0.717) is 19.1 Å². The zero-order valence-corrected chi connectivity index (χ0v) is 15.9. The average Bonchev–Trinajstić information content (AvgIpc) is 3.42. The SMILES string of the molecule is O=C1C[C@@H](C(=O)N(Cc2cccnc2)C2CC2)CN1c1ccccc1Br. The van der Waals surface area contributed by atoms with Crippen LogP contribution in [0.25, 0.3) is 0 Å². The van der Waals surface area contributed by atoms with Gasteiger partial charge in [0.05, 0.1) is 11.6 Å². The molecule has 1 saturated carbocycles. The van der Waals surface area contributed by atoms with Gasteiger partial charge in [-0.15, -0.1) is 0 Å². The van der Waals surface area contributed by atoms with Gasteiger partial charge in [-0.05, 0) is 52.5 Å². The number of pyridine rings is 1. The third kappa shape index (κ3) is 3.51. The van der Waals surface area contributed by atoms with Crippen LogP contribution in [0.3, 0.4) is 0 Å². The molecule has 2 amide bonds. The maximum absolute atomic E-state index is 13.2. The topological polar surface area (TPSA) is 53.5 Å². The van der Waals surface area contributed by atoms with E-state index in [1.165, 1.54) is 0 Å². The van der Waals surface area contributed by atoms with Crippen molar-refractivity contribution in [1.29, 1.82) is 0 Å². The van der Waals surface area contributed by atoms with E-state index in [2.05, 4.69) is 20.9 Å². The summed E-state index contributed by atoms with van der Waals surface area (Å²) in [6, 6.07) is 11.8. The largest absolute Gasteiger partial charge is 0.335 e. The molecule has 1 aliphatic carbocycles. The van der Waals surface area contributed by atoms with Crippen molar-refractivity contribution in [1.82, 2.24) is 9.88 Å². The third-order valence-electron chi connectivity index (χ3n) is 4.96. The molecule has 4 rings (SSSR count). The second-order valence-electron chi connectivity index (χ2n) is 6.92. The van der Waals surface area contributed by atoms with Crippen LogP contribution >= 0.6 is 15.9 Å². The van der Waals surface area contributed by atoms with Gasteiger partial charge < -0.3 is 9.80 Å². The maximum Gasteiger partial charge on any atom is 0.228 e. The molecular formula is C20H20BrN3O2. The summed E-state index contributed by atoms with van der Waals surface area (Å²) < 4.78 is 0.871. The van der Waals surface area contributed by atoms with Crippen molar-refractivity contribution < 1.29 is 9.59 Å². The Morgan fingerprint density at radius 2 is 2.04 bits per heavy atom. The number of aromatic nitrogens is 1. The Labute approximate surface area is 161 Å². The molecular weight excluding hydrogens is 394 g/mol. The molecule has 6 heteroatoms. The molecule has 2 fully saturated rings. The summed E-state index contributed by atoms with van der Waals surface area (Å²) in [7, 11) is 0. The van der Waals surface area contributed by atoms with Crippen molar-refractivity contribution >= 4 is 33.4 Å². The van der Waals surface area contributed by atoms with Crippen molar-refractivity contribution in [2.75, 3.05) is 11.4 Å². The lowest BCUT2D eigenvalue weighted by molar-refractivity contribution is -0.137. The summed E-state index contributed by atoms with van der Waals surface area (Å²) in [5, 5.41) is 0. The normalized spacial score (nSPS) is 19.7. The molecule has 26 heavy (non-hydrogen) atoms. The number of para-hydroxylation sites is 1. The Morgan fingerprint density at radius 1 is 1.23 bits per heavy atom. The standard InChI is InChI=1S/C20H20BrN3O2/c21-17-5-1-2-6-18(17)24-13-15(10-19(24)25)20(26)23(16-7-8-16)12-14-4-3-9-22-11-14/h1-6,9,11,15-16H,7-8,10,12-13H2/t15-/m1/s1. The van der Waals surface area contributed by atoms with Crippen LogP contribution in [0.4, 0.5) is 5.69 Å². The van der Waals surface area contributed by atoms with Crippen molar-refractivity contribution in [3.63, 3.8) is 0 Å². The van der Waals surface area contributed by atoms with Crippen LogP contribution in [-0.4, -0.2) is 34.3 Å². The smallest absolute Gasteiger partial charge is 0.228 e. The van der Waals surface area contributed by atoms with E-state index in [1.54, 1.807) is 17.3 Å². The van der Waals surface area contributed by atoms with Gasteiger partial charge in [-0.25, -0.2) is 0 Å². The average molecular weight is 414 g/mol. The molecule has 1 atom stereocenters. The van der Waals surface area contributed by atoms with Gasteiger partial charge in [0.1, 0.15) is 0 Å². The molecule has 1 aliphatic heterocycles. The van der Waals surface area contributed by atoms with E-state index in [0.717, 1.165) is 28.6 Å². The van der Waals surface area contributed by atoms with Crippen LogP contribution in [0.2, 0.25) is 0 Å². The molecule has 2 aromatic rings. The third-order valence-corrected chi connectivity index (χ3v) is 5.63. The van der Waals surface area contributed by atoms with Crippen molar-refractivity contribution in [3.05, 3.63) is 58.8 Å². The lowest BCUT2D eigenvalue weighted by atomic mass is 10.1. The molecule has 1 aromatic heterocycles. The predicted molar refractivity (Wildman–Crippen MR) is 102 cm³/mol. The lowest BCUT2D eigenvalue weighted by Gasteiger charge is -2.25. The Kier molecular flexibility index (Phi) is 4.76. The number of carbonyl (C=O) groups is 2. The number of carbonyl (C=O) groups excluding carboxylic acids is 2.